The van der Waals surface area contributed by atoms with E-state index in [4.69, 9.17) is 0 Å². The van der Waals surface area contributed by atoms with Crippen molar-refractivity contribution in [3.8, 4) is 0 Å². The molecular formula is C12H26. The Hall–Kier alpha value is 0. The molecule has 0 amide bonds. The zero-order valence-corrected chi connectivity index (χ0v) is 9.40. The number of hydrogen-bond donors (Lipinski definition) is 0. The zero-order chi connectivity index (χ0) is 9.40. The van der Waals surface area contributed by atoms with Gasteiger partial charge in [0.1, 0.15) is 0 Å². The van der Waals surface area contributed by atoms with Gasteiger partial charge in [-0.2, -0.15) is 0 Å². The predicted molar refractivity (Wildman–Crippen MR) is 57.4 cm³/mol. The molecule has 0 N–H and O–H groups in total. The zero-order valence-electron chi connectivity index (χ0n) is 9.40. The molecule has 0 nitrogen and oxygen atoms in total. The summed E-state index contributed by atoms with van der Waals surface area (Å²) < 4.78 is 0. The van der Waals surface area contributed by atoms with E-state index in [0.717, 1.165) is 11.8 Å². The summed E-state index contributed by atoms with van der Waals surface area (Å²) in [5.41, 5.74) is 0. The summed E-state index contributed by atoms with van der Waals surface area (Å²) in [5, 5.41) is 0. The summed E-state index contributed by atoms with van der Waals surface area (Å²) in [4.78, 5) is 0. The summed E-state index contributed by atoms with van der Waals surface area (Å²) in [5.74, 6) is 1.99. The van der Waals surface area contributed by atoms with Crippen molar-refractivity contribution >= 4 is 0 Å². The first kappa shape index (κ1) is 12.0. The summed E-state index contributed by atoms with van der Waals surface area (Å²) in [7, 11) is 0. The largest absolute Gasteiger partial charge is 0.0654 e. The Kier molecular flexibility index (Phi) is 7.64. The van der Waals surface area contributed by atoms with Crippen LogP contribution in [-0.2, 0) is 0 Å². The van der Waals surface area contributed by atoms with Crippen molar-refractivity contribution in [2.45, 2.75) is 66.2 Å². The smallest absolute Gasteiger partial charge is 0.0414 e. The fourth-order valence-corrected chi connectivity index (χ4v) is 1.99. The van der Waals surface area contributed by atoms with E-state index in [9.17, 15) is 0 Å². The van der Waals surface area contributed by atoms with Crippen LogP contribution in [0.2, 0.25) is 0 Å². The van der Waals surface area contributed by atoms with Crippen molar-refractivity contribution in [1.82, 2.24) is 0 Å². The van der Waals surface area contributed by atoms with Crippen LogP contribution in [0, 0.1) is 11.8 Å². The average Bonchev–Trinajstić information content (AvgIpc) is 2.12. The Bertz CT molecular complexity index is 82.0. The molecule has 0 rings (SSSR count). The topological polar surface area (TPSA) is 0 Å². The minimum atomic E-state index is 0.987. The van der Waals surface area contributed by atoms with Crippen molar-refractivity contribution in [1.29, 1.82) is 0 Å². The minimum Gasteiger partial charge on any atom is -0.0654 e. The Labute approximate surface area is 78.8 Å². The lowest BCUT2D eigenvalue weighted by Crippen LogP contribution is -2.06. The maximum atomic E-state index is 2.34. The normalized spacial score (nSPS) is 13.8. The third kappa shape index (κ3) is 4.79. The highest BCUT2D eigenvalue weighted by molar-refractivity contribution is 4.63. The average molecular weight is 170 g/mol. The highest BCUT2D eigenvalue weighted by Crippen LogP contribution is 2.24. The van der Waals surface area contributed by atoms with Gasteiger partial charge < -0.3 is 0 Å². The molecule has 0 saturated heterocycles. The molecule has 0 bridgehead atoms. The van der Waals surface area contributed by atoms with E-state index < -0.39 is 0 Å². The molecule has 0 heteroatoms. The number of hydrogen-bond acceptors (Lipinski definition) is 0. The van der Waals surface area contributed by atoms with E-state index in [1.807, 2.05) is 0 Å². The van der Waals surface area contributed by atoms with E-state index in [-0.39, 0.29) is 0 Å². The Morgan fingerprint density at radius 1 is 0.750 bits per heavy atom. The van der Waals surface area contributed by atoms with Crippen LogP contribution in [-0.4, -0.2) is 0 Å². The molecule has 0 aromatic rings. The third-order valence-corrected chi connectivity index (χ3v) is 3.10. The molecule has 0 aliphatic carbocycles. The molecule has 0 fully saturated rings. The van der Waals surface area contributed by atoms with Gasteiger partial charge in [0.15, 0.2) is 0 Å². The molecule has 0 radical (unpaired) electrons. The molecule has 74 valence electrons. The second-order valence-corrected chi connectivity index (χ2v) is 3.98. The SMILES string of the molecule is CCCC(CC)CC(CC)CC. The highest BCUT2D eigenvalue weighted by atomic mass is 14.2. The van der Waals surface area contributed by atoms with Crippen LogP contribution in [0.5, 0.6) is 0 Å². The molecule has 0 aromatic heterocycles. The van der Waals surface area contributed by atoms with Crippen LogP contribution in [0.15, 0.2) is 0 Å². The van der Waals surface area contributed by atoms with Crippen molar-refractivity contribution in [3.63, 3.8) is 0 Å². The maximum Gasteiger partial charge on any atom is -0.0414 e. The Morgan fingerprint density at radius 2 is 1.25 bits per heavy atom. The van der Waals surface area contributed by atoms with Crippen LogP contribution in [0.4, 0.5) is 0 Å². The minimum absolute atomic E-state index is 0.987. The lowest BCUT2D eigenvalue weighted by atomic mass is 9.87. The Balaban J connectivity index is 3.65. The molecule has 1 atom stereocenters. The molecule has 0 saturated carbocycles. The van der Waals surface area contributed by atoms with Gasteiger partial charge >= 0.3 is 0 Å². The van der Waals surface area contributed by atoms with Crippen molar-refractivity contribution in [2.24, 2.45) is 11.8 Å². The number of rotatable bonds is 7. The summed E-state index contributed by atoms with van der Waals surface area (Å²) in [6.07, 6.45) is 8.39. The van der Waals surface area contributed by atoms with Crippen LogP contribution in [0.1, 0.15) is 66.2 Å². The summed E-state index contributed by atoms with van der Waals surface area (Å²) in [6.45, 7) is 9.29. The standard InChI is InChI=1S/C12H26/c1-5-9-12(8-4)10-11(6-2)7-3/h11-12H,5-10H2,1-4H3. The molecule has 0 spiro atoms. The molecule has 0 heterocycles. The van der Waals surface area contributed by atoms with E-state index >= 15 is 0 Å². The molecule has 12 heavy (non-hydrogen) atoms. The first-order chi connectivity index (χ1) is 5.78. The highest BCUT2D eigenvalue weighted by Gasteiger charge is 2.11. The second-order valence-electron chi connectivity index (χ2n) is 3.98. The fourth-order valence-electron chi connectivity index (χ4n) is 1.99. The second kappa shape index (κ2) is 7.64. The van der Waals surface area contributed by atoms with Crippen molar-refractivity contribution < 1.29 is 0 Å². The monoisotopic (exact) mass is 170 g/mol. The van der Waals surface area contributed by atoms with Crippen LogP contribution in [0.25, 0.3) is 0 Å². The van der Waals surface area contributed by atoms with Gasteiger partial charge in [-0.15, -0.1) is 0 Å². The van der Waals surface area contributed by atoms with Crippen molar-refractivity contribution in [2.75, 3.05) is 0 Å². The van der Waals surface area contributed by atoms with Gasteiger partial charge in [0.2, 0.25) is 0 Å². The van der Waals surface area contributed by atoms with E-state index in [1.54, 1.807) is 0 Å². The first-order valence-corrected chi connectivity index (χ1v) is 5.78. The third-order valence-electron chi connectivity index (χ3n) is 3.10. The van der Waals surface area contributed by atoms with Gasteiger partial charge in [-0.05, 0) is 18.3 Å². The Morgan fingerprint density at radius 3 is 1.58 bits per heavy atom. The van der Waals surface area contributed by atoms with Crippen LogP contribution < -0.4 is 0 Å². The maximum absolute atomic E-state index is 2.34. The molecule has 0 aliphatic rings. The summed E-state index contributed by atoms with van der Waals surface area (Å²) >= 11 is 0. The van der Waals surface area contributed by atoms with Crippen LogP contribution >= 0.6 is 0 Å². The van der Waals surface area contributed by atoms with E-state index in [0.29, 0.717) is 0 Å². The lowest BCUT2D eigenvalue weighted by Gasteiger charge is -2.19. The molecule has 1 unspecified atom stereocenters. The van der Waals surface area contributed by atoms with Gasteiger partial charge in [-0.1, -0.05) is 59.8 Å². The predicted octanol–water partition coefficient (Wildman–Crippen LogP) is 4.64. The first-order valence-electron chi connectivity index (χ1n) is 5.78. The van der Waals surface area contributed by atoms with Crippen LogP contribution in [0.3, 0.4) is 0 Å². The van der Waals surface area contributed by atoms with Gasteiger partial charge in [-0.3, -0.25) is 0 Å². The van der Waals surface area contributed by atoms with Gasteiger partial charge in [0.05, 0.1) is 0 Å². The van der Waals surface area contributed by atoms with E-state index in [1.165, 1.54) is 38.5 Å². The quantitative estimate of drug-likeness (QED) is 0.522. The summed E-state index contributed by atoms with van der Waals surface area (Å²) in [6, 6.07) is 0. The lowest BCUT2D eigenvalue weighted by molar-refractivity contribution is 0.328. The fraction of sp³-hybridized carbons (Fsp3) is 1.00. The van der Waals surface area contributed by atoms with Gasteiger partial charge in [-0.25, -0.2) is 0 Å². The molecule has 0 aromatic carbocycles. The molecule has 0 aliphatic heterocycles. The van der Waals surface area contributed by atoms with Gasteiger partial charge in [0.25, 0.3) is 0 Å². The molecular weight excluding hydrogens is 144 g/mol. The van der Waals surface area contributed by atoms with Crippen molar-refractivity contribution in [3.05, 3.63) is 0 Å². The van der Waals surface area contributed by atoms with Gasteiger partial charge in [0, 0.05) is 0 Å². The van der Waals surface area contributed by atoms with E-state index in [2.05, 4.69) is 27.7 Å².